The SMILES string of the molecule is CC(C)NCc1cc(-c2cc(F)c(F)cc2Cl)ccc1Cl. The van der Waals surface area contributed by atoms with Crippen LogP contribution in [0.1, 0.15) is 19.4 Å². The molecule has 2 aromatic carbocycles. The third kappa shape index (κ3) is 3.94. The van der Waals surface area contributed by atoms with Gasteiger partial charge in [-0.05, 0) is 35.4 Å². The number of rotatable bonds is 4. The number of hydrogen-bond acceptors (Lipinski definition) is 1. The molecule has 0 fully saturated rings. The van der Waals surface area contributed by atoms with Crippen molar-refractivity contribution in [3.63, 3.8) is 0 Å². The van der Waals surface area contributed by atoms with E-state index in [1.807, 2.05) is 19.9 Å². The lowest BCUT2D eigenvalue weighted by atomic mass is 10.0. The van der Waals surface area contributed by atoms with Gasteiger partial charge < -0.3 is 5.32 Å². The van der Waals surface area contributed by atoms with E-state index in [1.165, 1.54) is 0 Å². The van der Waals surface area contributed by atoms with Gasteiger partial charge in [-0.25, -0.2) is 8.78 Å². The lowest BCUT2D eigenvalue weighted by Crippen LogP contribution is -2.21. The summed E-state index contributed by atoms with van der Waals surface area (Å²) < 4.78 is 26.5. The van der Waals surface area contributed by atoms with Crippen LogP contribution in [-0.2, 0) is 6.54 Å². The summed E-state index contributed by atoms with van der Waals surface area (Å²) >= 11 is 12.2. The largest absolute Gasteiger partial charge is 0.310 e. The Hall–Kier alpha value is -1.16. The number of benzene rings is 2. The van der Waals surface area contributed by atoms with Crippen LogP contribution >= 0.6 is 23.2 Å². The minimum Gasteiger partial charge on any atom is -0.310 e. The topological polar surface area (TPSA) is 12.0 Å². The molecule has 0 aliphatic carbocycles. The normalized spacial score (nSPS) is 11.2. The number of halogens is 4. The van der Waals surface area contributed by atoms with Crippen molar-refractivity contribution in [2.45, 2.75) is 26.4 Å². The average Bonchev–Trinajstić information content (AvgIpc) is 2.42. The third-order valence-corrected chi connectivity index (χ3v) is 3.75. The van der Waals surface area contributed by atoms with Crippen molar-refractivity contribution in [2.75, 3.05) is 0 Å². The van der Waals surface area contributed by atoms with E-state index in [4.69, 9.17) is 23.2 Å². The van der Waals surface area contributed by atoms with Crippen molar-refractivity contribution in [2.24, 2.45) is 0 Å². The summed E-state index contributed by atoms with van der Waals surface area (Å²) in [5.41, 5.74) is 2.02. The van der Waals surface area contributed by atoms with Gasteiger partial charge >= 0.3 is 0 Å². The minimum atomic E-state index is -0.959. The maximum absolute atomic E-state index is 13.4. The zero-order chi connectivity index (χ0) is 15.6. The van der Waals surface area contributed by atoms with Gasteiger partial charge in [-0.15, -0.1) is 0 Å². The molecular weight excluding hydrogens is 315 g/mol. The molecule has 2 aromatic rings. The summed E-state index contributed by atoms with van der Waals surface area (Å²) in [5, 5.41) is 4.05. The Kier molecular flexibility index (Phi) is 5.20. The molecule has 0 radical (unpaired) electrons. The van der Waals surface area contributed by atoms with E-state index in [0.29, 0.717) is 28.7 Å². The Bertz CT molecular complexity index is 657. The summed E-state index contributed by atoms with van der Waals surface area (Å²) in [5.74, 6) is -1.88. The van der Waals surface area contributed by atoms with Gasteiger partial charge in [-0.1, -0.05) is 43.1 Å². The Morgan fingerprint density at radius 3 is 2.33 bits per heavy atom. The molecule has 21 heavy (non-hydrogen) atoms. The van der Waals surface area contributed by atoms with Crippen molar-refractivity contribution in [3.8, 4) is 11.1 Å². The van der Waals surface area contributed by atoms with Gasteiger partial charge in [0.25, 0.3) is 0 Å². The monoisotopic (exact) mass is 329 g/mol. The minimum absolute atomic E-state index is 0.166. The number of nitrogens with one attached hydrogen (secondary N) is 1. The highest BCUT2D eigenvalue weighted by molar-refractivity contribution is 6.33. The molecule has 0 aromatic heterocycles. The molecule has 0 saturated heterocycles. The fraction of sp³-hybridized carbons (Fsp3) is 0.250. The molecule has 0 heterocycles. The van der Waals surface area contributed by atoms with E-state index >= 15 is 0 Å². The maximum atomic E-state index is 13.4. The van der Waals surface area contributed by atoms with Crippen molar-refractivity contribution >= 4 is 23.2 Å². The van der Waals surface area contributed by atoms with Crippen molar-refractivity contribution in [1.82, 2.24) is 5.32 Å². The highest BCUT2D eigenvalue weighted by Crippen LogP contribution is 2.32. The van der Waals surface area contributed by atoms with Crippen LogP contribution in [0.15, 0.2) is 30.3 Å². The molecule has 0 atom stereocenters. The second-order valence-corrected chi connectivity index (χ2v) is 5.90. The van der Waals surface area contributed by atoms with Crippen molar-refractivity contribution in [3.05, 3.63) is 57.6 Å². The summed E-state index contributed by atoms with van der Waals surface area (Å²) in [7, 11) is 0. The van der Waals surface area contributed by atoms with Gasteiger partial charge in [0.1, 0.15) is 0 Å². The second-order valence-electron chi connectivity index (χ2n) is 5.09. The summed E-state index contributed by atoms with van der Waals surface area (Å²) in [6.45, 7) is 4.65. The average molecular weight is 330 g/mol. The molecule has 2 rings (SSSR count). The van der Waals surface area contributed by atoms with Crippen LogP contribution in [0.4, 0.5) is 8.78 Å². The molecule has 0 amide bonds. The van der Waals surface area contributed by atoms with Crippen LogP contribution in [0, 0.1) is 11.6 Å². The third-order valence-electron chi connectivity index (χ3n) is 3.07. The standard InChI is InChI=1S/C16H15Cl2F2N/c1-9(2)21-8-11-5-10(3-4-13(11)17)12-6-15(19)16(20)7-14(12)18/h3-7,9,21H,8H2,1-2H3. The smallest absolute Gasteiger partial charge is 0.160 e. The van der Waals surface area contributed by atoms with Crippen LogP contribution in [0.25, 0.3) is 11.1 Å². The van der Waals surface area contributed by atoms with E-state index in [2.05, 4.69) is 5.32 Å². The molecule has 112 valence electrons. The van der Waals surface area contributed by atoms with E-state index < -0.39 is 11.6 Å². The number of hydrogen-bond donors (Lipinski definition) is 1. The van der Waals surface area contributed by atoms with Crippen LogP contribution in [0.3, 0.4) is 0 Å². The molecule has 1 N–H and O–H groups in total. The molecule has 5 heteroatoms. The van der Waals surface area contributed by atoms with E-state index in [1.54, 1.807) is 12.1 Å². The van der Waals surface area contributed by atoms with Crippen LogP contribution in [0.2, 0.25) is 10.0 Å². The lowest BCUT2D eigenvalue weighted by Gasteiger charge is -2.12. The molecule has 1 nitrogen and oxygen atoms in total. The van der Waals surface area contributed by atoms with Crippen LogP contribution < -0.4 is 5.32 Å². The first-order chi connectivity index (χ1) is 9.88. The molecule has 0 aliphatic rings. The van der Waals surface area contributed by atoms with Crippen molar-refractivity contribution in [1.29, 1.82) is 0 Å². The Morgan fingerprint density at radius 2 is 1.67 bits per heavy atom. The first kappa shape index (κ1) is 16.2. The first-order valence-corrected chi connectivity index (χ1v) is 7.31. The van der Waals surface area contributed by atoms with E-state index in [0.717, 1.165) is 17.7 Å². The van der Waals surface area contributed by atoms with Crippen LogP contribution in [-0.4, -0.2) is 6.04 Å². The summed E-state index contributed by atoms with van der Waals surface area (Å²) in [6.07, 6.45) is 0. The van der Waals surface area contributed by atoms with Gasteiger partial charge in [0.15, 0.2) is 11.6 Å². The fourth-order valence-corrected chi connectivity index (χ4v) is 2.38. The van der Waals surface area contributed by atoms with Gasteiger partial charge in [0.05, 0.1) is 5.02 Å². The first-order valence-electron chi connectivity index (χ1n) is 6.55. The summed E-state index contributed by atoms with van der Waals surface area (Å²) in [4.78, 5) is 0. The highest BCUT2D eigenvalue weighted by Gasteiger charge is 2.12. The predicted molar refractivity (Wildman–Crippen MR) is 83.8 cm³/mol. The van der Waals surface area contributed by atoms with Gasteiger partial charge in [-0.2, -0.15) is 0 Å². The molecule has 0 aliphatic heterocycles. The zero-order valence-corrected chi connectivity index (χ0v) is 13.2. The molecule has 0 unspecified atom stereocenters. The van der Waals surface area contributed by atoms with Gasteiger partial charge in [0, 0.05) is 23.2 Å². The van der Waals surface area contributed by atoms with Gasteiger partial charge in [0.2, 0.25) is 0 Å². The molecule has 0 bridgehead atoms. The Morgan fingerprint density at radius 1 is 1.00 bits per heavy atom. The lowest BCUT2D eigenvalue weighted by molar-refractivity contribution is 0.509. The van der Waals surface area contributed by atoms with Crippen LogP contribution in [0.5, 0.6) is 0 Å². The Balaban J connectivity index is 2.41. The van der Waals surface area contributed by atoms with Crippen molar-refractivity contribution < 1.29 is 8.78 Å². The van der Waals surface area contributed by atoms with E-state index in [9.17, 15) is 8.78 Å². The highest BCUT2D eigenvalue weighted by atomic mass is 35.5. The fourth-order valence-electron chi connectivity index (χ4n) is 1.94. The molecule has 0 spiro atoms. The maximum Gasteiger partial charge on any atom is 0.160 e. The summed E-state index contributed by atoms with van der Waals surface area (Å²) in [6, 6.07) is 7.69. The second kappa shape index (κ2) is 6.73. The molecular formula is C16H15Cl2F2N. The Labute approximate surface area is 132 Å². The zero-order valence-electron chi connectivity index (χ0n) is 11.7. The van der Waals surface area contributed by atoms with E-state index in [-0.39, 0.29) is 5.02 Å². The van der Waals surface area contributed by atoms with Gasteiger partial charge in [-0.3, -0.25) is 0 Å². The molecule has 0 saturated carbocycles. The quantitative estimate of drug-likeness (QED) is 0.737. The predicted octanol–water partition coefficient (Wildman–Crippen LogP) is 5.44.